The highest BCUT2D eigenvalue weighted by molar-refractivity contribution is 6.65. The Morgan fingerprint density at radius 2 is 1.76 bits per heavy atom. The second-order valence-corrected chi connectivity index (χ2v) is 9.03. The molecule has 0 amide bonds. The van der Waals surface area contributed by atoms with Gasteiger partial charge in [0.15, 0.2) is 0 Å². The summed E-state index contributed by atoms with van der Waals surface area (Å²) in [6.45, 7) is 3.47. The standard InChI is InChI=1S/C29H26ClNO2/c1-20-25(18-31-16-15-28(31)29(30)32)12-11-24-17-26(13-14-27(20)24)33-19-21-7-9-23(10-8-21)22-5-3-2-4-6-22/h2-10,13-17,28H,11-12,18-19H2,1H3. The zero-order chi connectivity index (χ0) is 22.8. The molecule has 3 nitrogen and oxygen atoms in total. The smallest absolute Gasteiger partial charge is 0.248 e. The lowest BCUT2D eigenvalue weighted by Gasteiger charge is -2.35. The zero-order valence-corrected chi connectivity index (χ0v) is 19.4. The molecule has 0 spiro atoms. The van der Waals surface area contributed by atoms with Gasteiger partial charge in [0.25, 0.3) is 0 Å². The van der Waals surface area contributed by atoms with Crippen LogP contribution in [0.5, 0.6) is 5.75 Å². The molecule has 0 fully saturated rings. The molecule has 1 atom stereocenters. The molecule has 4 heteroatoms. The summed E-state index contributed by atoms with van der Waals surface area (Å²) < 4.78 is 6.11. The predicted octanol–water partition coefficient (Wildman–Crippen LogP) is 6.62. The van der Waals surface area contributed by atoms with E-state index in [2.05, 4.69) is 73.7 Å². The van der Waals surface area contributed by atoms with Gasteiger partial charge in [-0.1, -0.05) is 60.7 Å². The number of hydrogen-bond acceptors (Lipinski definition) is 3. The van der Waals surface area contributed by atoms with Crippen LogP contribution >= 0.6 is 11.6 Å². The minimum atomic E-state index is -0.316. The third-order valence-electron chi connectivity index (χ3n) is 6.60. The van der Waals surface area contributed by atoms with Gasteiger partial charge in [0.05, 0.1) is 0 Å². The first-order valence-electron chi connectivity index (χ1n) is 11.3. The van der Waals surface area contributed by atoms with E-state index in [0.717, 1.165) is 30.7 Å². The van der Waals surface area contributed by atoms with Crippen LogP contribution in [-0.4, -0.2) is 22.7 Å². The van der Waals surface area contributed by atoms with Crippen LogP contribution in [0.4, 0.5) is 0 Å². The molecule has 0 N–H and O–H groups in total. The molecule has 0 saturated heterocycles. The van der Waals surface area contributed by atoms with E-state index in [0.29, 0.717) is 6.61 Å². The van der Waals surface area contributed by atoms with Crippen molar-refractivity contribution in [3.05, 3.63) is 107 Å². The maximum absolute atomic E-state index is 11.5. The summed E-state index contributed by atoms with van der Waals surface area (Å²) in [6.07, 6.45) is 5.75. The van der Waals surface area contributed by atoms with Gasteiger partial charge in [-0.25, -0.2) is 0 Å². The molecule has 1 heterocycles. The molecule has 1 aliphatic carbocycles. The highest BCUT2D eigenvalue weighted by atomic mass is 35.5. The quantitative estimate of drug-likeness (QED) is 0.375. The fourth-order valence-corrected chi connectivity index (χ4v) is 4.75. The Labute approximate surface area is 200 Å². The van der Waals surface area contributed by atoms with Gasteiger partial charge in [-0.2, -0.15) is 0 Å². The number of rotatable bonds is 7. The molecule has 0 saturated carbocycles. The molecule has 3 aromatic carbocycles. The van der Waals surface area contributed by atoms with E-state index < -0.39 is 0 Å². The fraction of sp³-hybridized carbons (Fsp3) is 0.207. The van der Waals surface area contributed by atoms with Crippen LogP contribution in [0.2, 0.25) is 0 Å². The summed E-state index contributed by atoms with van der Waals surface area (Å²) in [5.74, 6) is 0.899. The van der Waals surface area contributed by atoms with Crippen molar-refractivity contribution < 1.29 is 9.53 Å². The first-order valence-corrected chi connectivity index (χ1v) is 11.7. The number of nitrogens with zero attached hydrogens (tertiary/aromatic N) is 1. The van der Waals surface area contributed by atoms with Crippen LogP contribution in [0.15, 0.2) is 90.6 Å². The van der Waals surface area contributed by atoms with Gasteiger partial charge in [0.2, 0.25) is 5.24 Å². The Kier molecular flexibility index (Phi) is 6.06. The molecule has 166 valence electrons. The van der Waals surface area contributed by atoms with E-state index in [1.165, 1.54) is 33.4 Å². The minimum Gasteiger partial charge on any atom is -0.489 e. The lowest BCUT2D eigenvalue weighted by Crippen LogP contribution is -2.42. The summed E-state index contributed by atoms with van der Waals surface area (Å²) in [5, 5.41) is -0.316. The second kappa shape index (κ2) is 9.29. The summed E-state index contributed by atoms with van der Waals surface area (Å²) in [4.78, 5) is 13.5. The predicted molar refractivity (Wildman–Crippen MR) is 134 cm³/mol. The summed E-state index contributed by atoms with van der Waals surface area (Å²) in [5.41, 5.74) is 8.82. The van der Waals surface area contributed by atoms with Crippen molar-refractivity contribution in [2.24, 2.45) is 0 Å². The van der Waals surface area contributed by atoms with Crippen molar-refractivity contribution >= 4 is 22.4 Å². The van der Waals surface area contributed by atoms with Crippen molar-refractivity contribution in [2.75, 3.05) is 6.54 Å². The molecule has 3 aromatic rings. The molecule has 33 heavy (non-hydrogen) atoms. The summed E-state index contributed by atoms with van der Waals surface area (Å²) in [6, 6.07) is 25.0. The molecule has 1 aliphatic heterocycles. The van der Waals surface area contributed by atoms with Gasteiger partial charge >= 0.3 is 0 Å². The van der Waals surface area contributed by atoms with Gasteiger partial charge < -0.3 is 9.64 Å². The number of ether oxygens (including phenoxy) is 1. The van der Waals surface area contributed by atoms with Crippen LogP contribution in [0.1, 0.15) is 30.0 Å². The van der Waals surface area contributed by atoms with Crippen molar-refractivity contribution in [1.82, 2.24) is 4.90 Å². The second-order valence-electron chi connectivity index (χ2n) is 8.66. The average molecular weight is 456 g/mol. The van der Waals surface area contributed by atoms with Crippen LogP contribution in [0, 0.1) is 0 Å². The van der Waals surface area contributed by atoms with Crippen LogP contribution in [0.3, 0.4) is 0 Å². The lowest BCUT2D eigenvalue weighted by molar-refractivity contribution is -0.115. The molecule has 0 aromatic heterocycles. The topological polar surface area (TPSA) is 29.5 Å². The van der Waals surface area contributed by atoms with E-state index in [9.17, 15) is 4.79 Å². The Bertz CT molecular complexity index is 1230. The zero-order valence-electron chi connectivity index (χ0n) is 18.6. The molecule has 0 bridgehead atoms. The summed E-state index contributed by atoms with van der Waals surface area (Å²) in [7, 11) is 0. The van der Waals surface area contributed by atoms with Gasteiger partial charge in [-0.3, -0.25) is 4.79 Å². The lowest BCUT2D eigenvalue weighted by atomic mass is 9.85. The first-order chi connectivity index (χ1) is 16.1. The first kappa shape index (κ1) is 21.5. The van der Waals surface area contributed by atoms with Crippen molar-refractivity contribution in [2.45, 2.75) is 32.4 Å². The third-order valence-corrected chi connectivity index (χ3v) is 6.82. The van der Waals surface area contributed by atoms with E-state index in [1.807, 2.05) is 23.2 Å². The van der Waals surface area contributed by atoms with E-state index in [-0.39, 0.29) is 11.3 Å². The number of carbonyl (C=O) groups excluding carboxylic acids is 1. The number of fused-ring (bicyclic) bond motifs is 1. The monoisotopic (exact) mass is 455 g/mol. The maximum atomic E-state index is 11.5. The highest BCUT2D eigenvalue weighted by Gasteiger charge is 2.28. The largest absolute Gasteiger partial charge is 0.489 e. The van der Waals surface area contributed by atoms with E-state index in [1.54, 1.807) is 0 Å². The van der Waals surface area contributed by atoms with Crippen molar-refractivity contribution in [3.63, 3.8) is 0 Å². The van der Waals surface area contributed by atoms with E-state index in [4.69, 9.17) is 16.3 Å². The normalized spacial score (nSPS) is 16.9. The minimum absolute atomic E-state index is 0.286. The van der Waals surface area contributed by atoms with Gasteiger partial charge in [-0.15, -0.1) is 0 Å². The van der Waals surface area contributed by atoms with E-state index >= 15 is 0 Å². The number of benzene rings is 3. The Morgan fingerprint density at radius 1 is 1.00 bits per heavy atom. The van der Waals surface area contributed by atoms with Crippen LogP contribution < -0.4 is 4.74 Å². The number of carbonyl (C=O) groups is 1. The SMILES string of the molecule is CC1=C(CN2C=CC2C(=O)Cl)CCc2cc(OCc3ccc(-c4ccccc4)cc3)ccc21. The number of allylic oxidation sites excluding steroid dienone is 1. The van der Waals surface area contributed by atoms with Crippen LogP contribution in [-0.2, 0) is 17.8 Å². The number of aryl methyl sites for hydroxylation is 1. The summed E-state index contributed by atoms with van der Waals surface area (Å²) >= 11 is 5.67. The fourth-order valence-electron chi connectivity index (χ4n) is 4.56. The van der Waals surface area contributed by atoms with Crippen molar-refractivity contribution in [1.29, 1.82) is 0 Å². The molecular weight excluding hydrogens is 430 g/mol. The Morgan fingerprint density at radius 3 is 2.45 bits per heavy atom. The van der Waals surface area contributed by atoms with Gasteiger partial charge in [0.1, 0.15) is 18.4 Å². The molecule has 2 aliphatic rings. The highest BCUT2D eigenvalue weighted by Crippen LogP contribution is 2.35. The molecule has 0 radical (unpaired) electrons. The third kappa shape index (κ3) is 4.60. The number of halogens is 1. The van der Waals surface area contributed by atoms with Crippen LogP contribution in [0.25, 0.3) is 16.7 Å². The Balaban J connectivity index is 1.24. The molecular formula is C29H26ClNO2. The van der Waals surface area contributed by atoms with Gasteiger partial charge in [-0.05, 0) is 94.7 Å². The van der Waals surface area contributed by atoms with Gasteiger partial charge in [0, 0.05) is 6.54 Å². The Hall–Kier alpha value is -3.30. The molecule has 5 rings (SSSR count). The molecule has 1 unspecified atom stereocenters. The van der Waals surface area contributed by atoms with Crippen molar-refractivity contribution in [3.8, 4) is 16.9 Å². The maximum Gasteiger partial charge on any atom is 0.248 e. The average Bonchev–Trinajstić information content (AvgIpc) is 2.82. The number of hydrogen-bond donors (Lipinski definition) is 0.